The zero-order chi connectivity index (χ0) is 28.6. The van der Waals surface area contributed by atoms with Gasteiger partial charge in [0.05, 0.1) is 16.8 Å². The fourth-order valence-corrected chi connectivity index (χ4v) is 6.45. The standard InChI is InChI=1S/C32H38ClN5O2/c1-21-18-26(19-22(2)34-21)38-16-14-25(15-17-38)35(3)31(39)24-11-10-23-12-13-29(27(23)20-24)36(4)32(40)37(5)30-9-7-6-8-28(30)33/h6-11,18-20,25,29H,12-17H2,1-5H3. The van der Waals surface area contributed by atoms with Crippen LogP contribution in [0.3, 0.4) is 0 Å². The maximum Gasteiger partial charge on any atom is 0.324 e. The van der Waals surface area contributed by atoms with Crippen LogP contribution in [0.25, 0.3) is 0 Å². The summed E-state index contributed by atoms with van der Waals surface area (Å²) < 4.78 is 0. The molecule has 1 atom stereocenters. The molecular weight excluding hydrogens is 522 g/mol. The number of anilines is 2. The molecule has 0 N–H and O–H groups in total. The Morgan fingerprint density at radius 2 is 1.57 bits per heavy atom. The summed E-state index contributed by atoms with van der Waals surface area (Å²) in [6.07, 6.45) is 3.54. The van der Waals surface area contributed by atoms with Gasteiger partial charge in [0.2, 0.25) is 0 Å². The monoisotopic (exact) mass is 559 g/mol. The number of para-hydroxylation sites is 1. The van der Waals surface area contributed by atoms with Crippen molar-refractivity contribution >= 4 is 34.9 Å². The smallest absolute Gasteiger partial charge is 0.324 e. The fraction of sp³-hybridized carbons (Fsp3) is 0.406. The van der Waals surface area contributed by atoms with Gasteiger partial charge in [-0.3, -0.25) is 14.7 Å². The number of rotatable bonds is 5. The van der Waals surface area contributed by atoms with Crippen LogP contribution in [0, 0.1) is 13.8 Å². The van der Waals surface area contributed by atoms with Crippen molar-refractivity contribution in [3.05, 3.63) is 87.7 Å². The van der Waals surface area contributed by atoms with E-state index in [9.17, 15) is 9.59 Å². The predicted molar refractivity (Wildman–Crippen MR) is 162 cm³/mol. The average Bonchev–Trinajstić information content (AvgIpc) is 3.38. The molecule has 1 aliphatic heterocycles. The Bertz CT molecular complexity index is 1400. The number of carbonyl (C=O) groups is 2. The van der Waals surface area contributed by atoms with E-state index in [2.05, 4.69) is 28.1 Å². The van der Waals surface area contributed by atoms with Gasteiger partial charge < -0.3 is 14.7 Å². The predicted octanol–water partition coefficient (Wildman–Crippen LogP) is 6.27. The molecule has 2 aromatic carbocycles. The van der Waals surface area contributed by atoms with Gasteiger partial charge in [-0.2, -0.15) is 0 Å². The summed E-state index contributed by atoms with van der Waals surface area (Å²) >= 11 is 6.35. The van der Waals surface area contributed by atoms with Gasteiger partial charge in [-0.05, 0) is 87.1 Å². The van der Waals surface area contributed by atoms with Gasteiger partial charge in [0.15, 0.2) is 0 Å². The normalized spacial score (nSPS) is 16.9. The Hall–Kier alpha value is -3.58. The van der Waals surface area contributed by atoms with E-state index in [4.69, 9.17) is 11.6 Å². The van der Waals surface area contributed by atoms with Crippen LogP contribution in [0.15, 0.2) is 54.6 Å². The number of fused-ring (bicyclic) bond motifs is 1. The molecule has 8 heteroatoms. The number of hydrogen-bond acceptors (Lipinski definition) is 4. The molecule has 1 saturated heterocycles. The Labute approximate surface area is 242 Å². The number of hydrogen-bond donors (Lipinski definition) is 0. The number of piperidine rings is 1. The second-order valence-electron chi connectivity index (χ2n) is 11.1. The van der Waals surface area contributed by atoms with Crippen LogP contribution in [-0.4, -0.2) is 67.0 Å². The third kappa shape index (κ3) is 5.52. The van der Waals surface area contributed by atoms with Gasteiger partial charge in [-0.25, -0.2) is 4.79 Å². The van der Waals surface area contributed by atoms with E-state index in [1.54, 1.807) is 22.9 Å². The molecule has 2 heterocycles. The SMILES string of the molecule is Cc1cc(N2CCC(N(C)C(=O)c3ccc4c(c3)C(N(C)C(=O)N(C)c3ccccc3Cl)CC4)CC2)cc(C)n1. The second-order valence-corrected chi connectivity index (χ2v) is 11.5. The molecule has 5 rings (SSSR count). The lowest BCUT2D eigenvalue weighted by Crippen LogP contribution is -2.45. The van der Waals surface area contributed by atoms with Gasteiger partial charge in [-0.15, -0.1) is 0 Å². The maximum atomic E-state index is 13.6. The summed E-state index contributed by atoms with van der Waals surface area (Å²) in [6.45, 7) is 5.87. The van der Waals surface area contributed by atoms with Crippen molar-refractivity contribution in [2.75, 3.05) is 44.0 Å². The molecule has 0 saturated carbocycles. The van der Waals surface area contributed by atoms with Crippen molar-refractivity contribution in [3.63, 3.8) is 0 Å². The molecule has 40 heavy (non-hydrogen) atoms. The molecule has 7 nitrogen and oxygen atoms in total. The highest BCUT2D eigenvalue weighted by Crippen LogP contribution is 2.37. The van der Waals surface area contributed by atoms with E-state index < -0.39 is 0 Å². The lowest BCUT2D eigenvalue weighted by atomic mass is 10.00. The topological polar surface area (TPSA) is 60.0 Å². The fourth-order valence-electron chi connectivity index (χ4n) is 6.19. The maximum absolute atomic E-state index is 13.6. The number of aromatic nitrogens is 1. The summed E-state index contributed by atoms with van der Waals surface area (Å²) in [4.78, 5) is 39.2. The van der Waals surface area contributed by atoms with Crippen LogP contribution >= 0.6 is 11.6 Å². The van der Waals surface area contributed by atoms with Crippen molar-refractivity contribution in [2.45, 2.75) is 51.6 Å². The molecule has 3 aromatic rings. The largest absolute Gasteiger partial charge is 0.371 e. The van der Waals surface area contributed by atoms with E-state index in [1.165, 1.54) is 11.3 Å². The Morgan fingerprint density at radius 1 is 0.900 bits per heavy atom. The third-order valence-electron chi connectivity index (χ3n) is 8.47. The van der Waals surface area contributed by atoms with Crippen LogP contribution < -0.4 is 9.80 Å². The molecule has 3 amide bonds. The third-order valence-corrected chi connectivity index (χ3v) is 8.79. The molecule has 0 spiro atoms. The average molecular weight is 560 g/mol. The van der Waals surface area contributed by atoms with Crippen LogP contribution in [0.5, 0.6) is 0 Å². The molecule has 0 bridgehead atoms. The first kappa shape index (κ1) is 28.0. The zero-order valence-corrected chi connectivity index (χ0v) is 24.8. The highest BCUT2D eigenvalue weighted by Gasteiger charge is 2.33. The second kappa shape index (κ2) is 11.5. The lowest BCUT2D eigenvalue weighted by Gasteiger charge is -2.38. The lowest BCUT2D eigenvalue weighted by molar-refractivity contribution is 0.0709. The summed E-state index contributed by atoms with van der Waals surface area (Å²) in [7, 11) is 5.49. The van der Waals surface area contributed by atoms with E-state index >= 15 is 0 Å². The molecular formula is C32H38ClN5O2. The van der Waals surface area contributed by atoms with E-state index in [-0.39, 0.29) is 24.0 Å². The first-order chi connectivity index (χ1) is 19.1. The Morgan fingerprint density at radius 3 is 2.25 bits per heavy atom. The molecule has 0 radical (unpaired) electrons. The van der Waals surface area contributed by atoms with E-state index in [0.717, 1.165) is 55.7 Å². The zero-order valence-electron chi connectivity index (χ0n) is 24.0. The number of aryl methyl sites for hydroxylation is 3. The first-order valence-corrected chi connectivity index (χ1v) is 14.4. The van der Waals surface area contributed by atoms with Crippen molar-refractivity contribution in [2.24, 2.45) is 0 Å². The van der Waals surface area contributed by atoms with Crippen molar-refractivity contribution < 1.29 is 9.59 Å². The van der Waals surface area contributed by atoms with Gasteiger partial charge in [0.1, 0.15) is 0 Å². The number of amides is 3. The van der Waals surface area contributed by atoms with Gasteiger partial charge in [0, 0.05) is 62.9 Å². The molecule has 1 unspecified atom stereocenters. The highest BCUT2D eigenvalue weighted by atomic mass is 35.5. The minimum atomic E-state index is -0.133. The van der Waals surface area contributed by atoms with Crippen molar-refractivity contribution in [1.29, 1.82) is 0 Å². The number of halogens is 1. The molecule has 210 valence electrons. The van der Waals surface area contributed by atoms with E-state index in [0.29, 0.717) is 16.3 Å². The number of pyridine rings is 1. The minimum absolute atomic E-state index is 0.0321. The Kier molecular flexibility index (Phi) is 8.04. The number of benzene rings is 2. The van der Waals surface area contributed by atoms with Gasteiger partial charge in [-0.1, -0.05) is 29.8 Å². The van der Waals surface area contributed by atoms with Crippen molar-refractivity contribution in [3.8, 4) is 0 Å². The minimum Gasteiger partial charge on any atom is -0.371 e. The summed E-state index contributed by atoms with van der Waals surface area (Å²) in [5.74, 6) is 0.0321. The quantitative estimate of drug-likeness (QED) is 0.370. The van der Waals surface area contributed by atoms with Gasteiger partial charge >= 0.3 is 6.03 Å². The van der Waals surface area contributed by atoms with Crippen LogP contribution in [-0.2, 0) is 6.42 Å². The van der Waals surface area contributed by atoms with E-state index in [1.807, 2.05) is 63.2 Å². The molecule has 1 aromatic heterocycles. The van der Waals surface area contributed by atoms with Crippen molar-refractivity contribution in [1.82, 2.24) is 14.8 Å². The van der Waals surface area contributed by atoms with Crippen LogP contribution in [0.4, 0.5) is 16.2 Å². The number of carbonyl (C=O) groups excluding carboxylic acids is 2. The molecule has 1 aliphatic carbocycles. The number of nitrogens with zero attached hydrogens (tertiary/aromatic N) is 5. The number of urea groups is 1. The van der Waals surface area contributed by atoms with Gasteiger partial charge in [0.25, 0.3) is 5.91 Å². The van der Waals surface area contributed by atoms with Crippen LogP contribution in [0.1, 0.15) is 58.2 Å². The summed E-state index contributed by atoms with van der Waals surface area (Å²) in [5.41, 5.74) is 6.87. The molecule has 1 fully saturated rings. The first-order valence-electron chi connectivity index (χ1n) is 14.0. The summed E-state index contributed by atoms with van der Waals surface area (Å²) in [6, 6.07) is 17.6. The Balaban J connectivity index is 1.26. The molecule has 2 aliphatic rings. The van der Waals surface area contributed by atoms with Crippen LogP contribution in [0.2, 0.25) is 5.02 Å². The summed E-state index contributed by atoms with van der Waals surface area (Å²) in [5, 5.41) is 0.534. The highest BCUT2D eigenvalue weighted by molar-refractivity contribution is 6.33.